The van der Waals surface area contributed by atoms with Crippen molar-refractivity contribution in [1.29, 1.82) is 5.26 Å². The van der Waals surface area contributed by atoms with Crippen molar-refractivity contribution in [3.8, 4) is 6.07 Å². The first-order valence-electron chi connectivity index (χ1n) is 14.0. The summed E-state index contributed by atoms with van der Waals surface area (Å²) < 4.78 is 54.5. The number of pyridine rings is 1. The second-order valence-corrected chi connectivity index (χ2v) is 12.9. The van der Waals surface area contributed by atoms with Crippen LogP contribution in [0.15, 0.2) is 41.3 Å². The first-order chi connectivity index (χ1) is 19.9. The summed E-state index contributed by atoms with van der Waals surface area (Å²) in [5.41, 5.74) is -2.01. The number of H-pyrrole nitrogens is 1. The molecular weight excluding hydrogens is 565 g/mol. The number of nitrogens with one attached hydrogen (secondary N) is 3. The van der Waals surface area contributed by atoms with Crippen LogP contribution in [-0.2, 0) is 19.8 Å². The van der Waals surface area contributed by atoms with E-state index >= 15 is 0 Å². The molecule has 3 N–H and O–H groups in total. The molecule has 0 aliphatic carbocycles. The number of hydrogen-bond donors (Lipinski definition) is 3. The van der Waals surface area contributed by atoms with E-state index in [4.69, 9.17) is 9.47 Å². The molecule has 13 heteroatoms. The van der Waals surface area contributed by atoms with Gasteiger partial charge >= 0.3 is 12.1 Å². The minimum Gasteiger partial charge on any atom is -0.458 e. The fraction of sp³-hybridized carbons (Fsp3) is 0.533. The van der Waals surface area contributed by atoms with Gasteiger partial charge in [-0.2, -0.15) is 23.5 Å². The van der Waals surface area contributed by atoms with Gasteiger partial charge in [-0.25, -0.2) is 4.79 Å². The predicted molar refractivity (Wildman–Crippen MR) is 155 cm³/mol. The maximum absolute atomic E-state index is 13.8. The van der Waals surface area contributed by atoms with Gasteiger partial charge in [0.2, 0.25) is 0 Å². The number of hydrogen-bond acceptors (Lipinski definition) is 8. The highest BCUT2D eigenvalue weighted by molar-refractivity contribution is 5.91. The van der Waals surface area contributed by atoms with Gasteiger partial charge in [-0.1, -0.05) is 12.1 Å². The van der Waals surface area contributed by atoms with Gasteiger partial charge in [-0.3, -0.25) is 14.8 Å². The number of carbonyl (C=O) groups excluding carboxylic acids is 1. The molecule has 10 nitrogen and oxygen atoms in total. The Morgan fingerprint density at radius 3 is 2.42 bits per heavy atom. The number of aromatic nitrogens is 3. The van der Waals surface area contributed by atoms with E-state index < -0.39 is 46.5 Å². The summed E-state index contributed by atoms with van der Waals surface area (Å²) in [4.78, 5) is 28.2. The second-order valence-electron chi connectivity index (χ2n) is 12.9. The van der Waals surface area contributed by atoms with E-state index in [1.54, 1.807) is 52.3 Å². The van der Waals surface area contributed by atoms with Gasteiger partial charge in [-0.15, -0.1) is 0 Å². The van der Waals surface area contributed by atoms with Gasteiger partial charge in [0.25, 0.3) is 5.56 Å². The van der Waals surface area contributed by atoms with Gasteiger partial charge in [-0.05, 0) is 78.1 Å². The number of nitriles is 1. The third-order valence-corrected chi connectivity index (χ3v) is 6.97. The lowest BCUT2D eigenvalue weighted by atomic mass is 9.87. The highest BCUT2D eigenvalue weighted by atomic mass is 19.4. The van der Waals surface area contributed by atoms with Crippen LogP contribution in [0, 0.1) is 11.3 Å². The smallest absolute Gasteiger partial charge is 0.407 e. The quantitative estimate of drug-likeness (QED) is 0.298. The van der Waals surface area contributed by atoms with Crippen LogP contribution >= 0.6 is 0 Å². The van der Waals surface area contributed by atoms with Gasteiger partial charge in [0.05, 0.1) is 30.2 Å². The van der Waals surface area contributed by atoms with E-state index in [-0.39, 0.29) is 36.2 Å². The number of anilines is 2. The minimum atomic E-state index is -4.51. The number of ether oxygens (including phenoxy) is 2. The molecule has 0 amide bonds. The Balaban J connectivity index is 1.66. The van der Waals surface area contributed by atoms with E-state index in [1.165, 1.54) is 30.5 Å². The Bertz CT molecular complexity index is 1550. The molecule has 0 radical (unpaired) electrons. The Hall–Kier alpha value is -3.89. The third-order valence-electron chi connectivity index (χ3n) is 6.97. The summed E-state index contributed by atoms with van der Waals surface area (Å²) in [6.45, 7) is 10.3. The van der Waals surface area contributed by atoms with Crippen LogP contribution in [0.4, 0.5) is 24.7 Å². The van der Waals surface area contributed by atoms with Crippen LogP contribution in [0.5, 0.6) is 0 Å². The number of esters is 1. The number of halogens is 3. The summed E-state index contributed by atoms with van der Waals surface area (Å²) in [7, 11) is 0. The molecule has 0 bridgehead atoms. The molecule has 0 spiro atoms. The lowest BCUT2D eigenvalue weighted by Crippen LogP contribution is -2.47. The first-order valence-corrected chi connectivity index (χ1v) is 14.0. The highest BCUT2D eigenvalue weighted by Crippen LogP contribution is 2.38. The largest absolute Gasteiger partial charge is 0.458 e. The summed E-state index contributed by atoms with van der Waals surface area (Å²) in [5.74, 6) is -0.326. The van der Waals surface area contributed by atoms with Gasteiger partial charge < -0.3 is 19.8 Å². The molecule has 1 aromatic carbocycles. The molecule has 4 rings (SSSR count). The standard InChI is InChI=1S/C30H37F3N6O4/c1-27(2,3)37-23(30(31,32)33)18-7-9-19(10-8-18)36-24-22-20(12-16-35-25(22)40)39(38-24)29(14-15-34)13-11-21(42-17-29)26(41)43-28(4,5)6/h7-10,12,16,21,23,37H,11,13-14,17H2,1-6H3,(H,35,40)(H,36,38)/t21-,23-,29-/m0/s1. The minimum absolute atomic E-state index is 0.00857. The lowest BCUT2D eigenvalue weighted by molar-refractivity contribution is -0.176. The van der Waals surface area contributed by atoms with Crippen LogP contribution in [-0.4, -0.2) is 50.8 Å². The molecule has 2 aromatic heterocycles. The van der Waals surface area contributed by atoms with Crippen LogP contribution < -0.4 is 16.2 Å². The van der Waals surface area contributed by atoms with Crippen LogP contribution in [0.1, 0.15) is 72.4 Å². The van der Waals surface area contributed by atoms with Gasteiger partial charge in [0.15, 0.2) is 11.9 Å². The summed E-state index contributed by atoms with van der Waals surface area (Å²) in [5, 5.41) is 20.3. The van der Waals surface area contributed by atoms with Crippen molar-refractivity contribution >= 4 is 28.4 Å². The maximum atomic E-state index is 13.8. The van der Waals surface area contributed by atoms with Crippen LogP contribution in [0.3, 0.4) is 0 Å². The van der Waals surface area contributed by atoms with Crippen molar-refractivity contribution in [1.82, 2.24) is 20.1 Å². The average molecular weight is 603 g/mol. The Labute approximate surface area is 247 Å². The van der Waals surface area contributed by atoms with Crippen molar-refractivity contribution in [3.63, 3.8) is 0 Å². The Kier molecular flexibility index (Phi) is 8.68. The Morgan fingerprint density at radius 1 is 1.21 bits per heavy atom. The lowest BCUT2D eigenvalue weighted by Gasteiger charge is -2.39. The number of alkyl halides is 3. The van der Waals surface area contributed by atoms with E-state index in [9.17, 15) is 28.0 Å². The van der Waals surface area contributed by atoms with Crippen LogP contribution in [0.2, 0.25) is 0 Å². The number of carbonyl (C=O) groups is 1. The number of aromatic amines is 1. The molecule has 43 heavy (non-hydrogen) atoms. The van der Waals surface area contributed by atoms with Crippen molar-refractivity contribution in [2.45, 2.75) is 95.8 Å². The Morgan fingerprint density at radius 2 is 1.88 bits per heavy atom. The normalized spacial score (nSPS) is 20.4. The zero-order valence-corrected chi connectivity index (χ0v) is 25.1. The third kappa shape index (κ3) is 7.37. The van der Waals surface area contributed by atoms with E-state index in [0.29, 0.717) is 17.6 Å². The molecule has 1 fully saturated rings. The molecule has 232 valence electrons. The molecule has 1 aliphatic heterocycles. The SMILES string of the molecule is CC(C)(C)N[C@@H](c1ccc(Nc2nn([C@]3(CC#N)CC[C@@H](C(=O)OC(C)(C)C)OC3)c3cc[nH]c(=O)c23)cc1)C(F)(F)F. The van der Waals surface area contributed by atoms with Crippen molar-refractivity contribution < 1.29 is 27.4 Å². The van der Waals surface area contributed by atoms with Gasteiger partial charge in [0.1, 0.15) is 17.0 Å². The highest BCUT2D eigenvalue weighted by Gasteiger charge is 2.44. The van der Waals surface area contributed by atoms with Crippen molar-refractivity contribution in [2.24, 2.45) is 0 Å². The molecule has 0 unspecified atom stereocenters. The fourth-order valence-corrected chi connectivity index (χ4v) is 5.10. The molecule has 1 saturated heterocycles. The zero-order chi connectivity index (χ0) is 31.8. The predicted octanol–water partition coefficient (Wildman–Crippen LogP) is 5.59. The number of rotatable bonds is 7. The average Bonchev–Trinajstić information content (AvgIpc) is 3.26. The first kappa shape index (κ1) is 32.0. The molecular formula is C30H37F3N6O4. The second kappa shape index (κ2) is 11.7. The maximum Gasteiger partial charge on any atom is 0.407 e. The van der Waals surface area contributed by atoms with E-state index in [2.05, 4.69) is 26.8 Å². The zero-order valence-electron chi connectivity index (χ0n) is 25.1. The van der Waals surface area contributed by atoms with Crippen molar-refractivity contribution in [3.05, 3.63) is 52.4 Å². The van der Waals surface area contributed by atoms with E-state index in [1.807, 2.05) is 0 Å². The monoisotopic (exact) mass is 602 g/mol. The molecule has 3 atom stereocenters. The molecule has 1 aliphatic rings. The topological polar surface area (TPSA) is 134 Å². The van der Waals surface area contributed by atoms with Crippen LogP contribution in [0.25, 0.3) is 10.9 Å². The van der Waals surface area contributed by atoms with Gasteiger partial charge in [0, 0.05) is 17.4 Å². The summed E-state index contributed by atoms with van der Waals surface area (Å²) >= 11 is 0. The number of nitrogens with zero attached hydrogens (tertiary/aromatic N) is 3. The van der Waals surface area contributed by atoms with Crippen molar-refractivity contribution in [2.75, 3.05) is 11.9 Å². The molecule has 3 aromatic rings. The number of benzene rings is 1. The fourth-order valence-electron chi connectivity index (χ4n) is 5.10. The molecule has 3 heterocycles. The van der Waals surface area contributed by atoms with E-state index in [0.717, 1.165) is 0 Å². The molecule has 0 saturated carbocycles. The number of fused-ring (bicyclic) bond motifs is 1. The summed E-state index contributed by atoms with van der Waals surface area (Å²) in [6.07, 6.45) is -3.24. The summed E-state index contributed by atoms with van der Waals surface area (Å²) in [6, 6.07) is 7.67.